The summed E-state index contributed by atoms with van der Waals surface area (Å²) in [4.78, 5) is 44.5. The van der Waals surface area contributed by atoms with E-state index in [0.717, 1.165) is 6.42 Å². The van der Waals surface area contributed by atoms with Crippen LogP contribution in [0.25, 0.3) is 0 Å². The van der Waals surface area contributed by atoms with E-state index in [1.807, 2.05) is 4.90 Å². The van der Waals surface area contributed by atoms with Crippen molar-refractivity contribution in [3.8, 4) is 5.75 Å². The van der Waals surface area contributed by atoms with Crippen LogP contribution in [-0.4, -0.2) is 86.1 Å². The Bertz CT molecular complexity index is 1220. The smallest absolute Gasteiger partial charge is 0.338 e. The van der Waals surface area contributed by atoms with Gasteiger partial charge in [0.2, 0.25) is 0 Å². The van der Waals surface area contributed by atoms with Crippen molar-refractivity contribution in [3.05, 3.63) is 76.7 Å². The summed E-state index contributed by atoms with van der Waals surface area (Å²) in [6.45, 7) is 4.49. The molecule has 0 aliphatic carbocycles. The molecular weight excluding hydrogens is 491 g/mol. The number of benzene rings is 2. The number of esters is 1. The topological polar surface area (TPSA) is 91.4 Å². The number of rotatable bonds is 7. The summed E-state index contributed by atoms with van der Waals surface area (Å²) in [7, 11) is 3.18. The summed E-state index contributed by atoms with van der Waals surface area (Å²) in [6, 6.07) is 11.6. The molecule has 2 aromatic carbocycles. The van der Waals surface area contributed by atoms with Crippen LogP contribution in [-0.2, 0) is 9.53 Å². The van der Waals surface area contributed by atoms with Gasteiger partial charge < -0.3 is 19.7 Å². The van der Waals surface area contributed by atoms with Crippen LogP contribution < -0.4 is 10.1 Å². The molecule has 1 N–H and O–H groups in total. The summed E-state index contributed by atoms with van der Waals surface area (Å²) in [6.07, 6.45) is 0.729. The van der Waals surface area contributed by atoms with Gasteiger partial charge in [-0.1, -0.05) is 12.1 Å². The number of ether oxygens (including phenoxy) is 2. The number of amides is 3. The highest BCUT2D eigenvalue weighted by Gasteiger charge is 2.37. The highest BCUT2D eigenvalue weighted by molar-refractivity contribution is 5.95. The Labute approximate surface area is 221 Å². The molecule has 2 aliphatic heterocycles. The summed E-state index contributed by atoms with van der Waals surface area (Å²) in [5.74, 6) is -0.392. The fraction of sp³-hybridized carbons (Fsp3) is 0.393. The molecule has 1 fully saturated rings. The van der Waals surface area contributed by atoms with Gasteiger partial charge in [0.25, 0.3) is 5.91 Å². The first kappa shape index (κ1) is 27.1. The van der Waals surface area contributed by atoms with Gasteiger partial charge in [-0.3, -0.25) is 14.6 Å². The molecule has 9 nitrogen and oxygen atoms in total. The number of halogens is 1. The number of hydrogen-bond donors (Lipinski definition) is 1. The summed E-state index contributed by atoms with van der Waals surface area (Å²) < 4.78 is 24.6. The average Bonchev–Trinajstić information content (AvgIpc) is 3.16. The number of urea groups is 1. The zero-order chi connectivity index (χ0) is 27.2. The van der Waals surface area contributed by atoms with E-state index >= 15 is 0 Å². The maximum Gasteiger partial charge on any atom is 0.338 e. The van der Waals surface area contributed by atoms with E-state index in [2.05, 4.69) is 10.2 Å². The van der Waals surface area contributed by atoms with Crippen LogP contribution in [0.4, 0.5) is 9.18 Å². The monoisotopic (exact) mass is 524 g/mol. The number of nitrogens with zero attached hydrogens (tertiary/aromatic N) is 3. The third kappa shape index (κ3) is 5.96. The lowest BCUT2D eigenvalue weighted by Crippen LogP contribution is -2.49. The number of hydrogen-bond acceptors (Lipinski definition) is 6. The second kappa shape index (κ2) is 12.1. The lowest BCUT2D eigenvalue weighted by molar-refractivity contribution is -0.139. The highest BCUT2D eigenvalue weighted by Crippen LogP contribution is 2.32. The van der Waals surface area contributed by atoms with Gasteiger partial charge in [0, 0.05) is 51.0 Å². The molecule has 0 aromatic heterocycles. The van der Waals surface area contributed by atoms with E-state index in [-0.39, 0.29) is 18.1 Å². The van der Waals surface area contributed by atoms with Crippen molar-refractivity contribution in [3.63, 3.8) is 0 Å². The molecule has 2 heterocycles. The first-order chi connectivity index (χ1) is 18.3. The lowest BCUT2D eigenvalue weighted by atomic mass is 9.94. The van der Waals surface area contributed by atoms with Crippen LogP contribution >= 0.6 is 0 Å². The van der Waals surface area contributed by atoms with Gasteiger partial charge in [-0.05, 0) is 55.3 Å². The van der Waals surface area contributed by atoms with Crippen LogP contribution in [0.2, 0.25) is 0 Å². The molecule has 1 saturated heterocycles. The van der Waals surface area contributed by atoms with E-state index in [4.69, 9.17) is 9.47 Å². The first-order valence-corrected chi connectivity index (χ1v) is 12.7. The van der Waals surface area contributed by atoms with Crippen molar-refractivity contribution in [1.29, 1.82) is 0 Å². The fourth-order valence-electron chi connectivity index (χ4n) is 4.79. The lowest BCUT2D eigenvalue weighted by Gasteiger charge is -2.36. The zero-order valence-electron chi connectivity index (χ0n) is 21.9. The summed E-state index contributed by atoms with van der Waals surface area (Å²) >= 11 is 0. The molecule has 38 heavy (non-hydrogen) atoms. The van der Waals surface area contributed by atoms with Crippen molar-refractivity contribution < 1.29 is 28.2 Å². The Morgan fingerprint density at radius 2 is 1.84 bits per heavy atom. The third-order valence-corrected chi connectivity index (χ3v) is 6.84. The zero-order valence-corrected chi connectivity index (χ0v) is 21.9. The summed E-state index contributed by atoms with van der Waals surface area (Å²) in [5, 5.41) is 2.81. The van der Waals surface area contributed by atoms with Gasteiger partial charge in [-0.2, -0.15) is 0 Å². The molecule has 10 heteroatoms. The molecule has 2 aliphatic rings. The van der Waals surface area contributed by atoms with Gasteiger partial charge in [-0.25, -0.2) is 14.0 Å². The SMILES string of the molecule is CCOC(=O)C1=C(CN2CCCN(C(=O)c3ccc(OC)cc3)CC2)N(C)C(=O)N[C@H]1c1cccc(F)c1. The van der Waals surface area contributed by atoms with E-state index in [0.29, 0.717) is 55.3 Å². The van der Waals surface area contributed by atoms with Crippen molar-refractivity contribution in [2.75, 3.05) is 53.5 Å². The normalized spacial score (nSPS) is 18.6. The number of methoxy groups -OCH3 is 1. The van der Waals surface area contributed by atoms with Gasteiger partial charge in [0.1, 0.15) is 11.6 Å². The molecule has 3 amide bonds. The molecule has 0 spiro atoms. The van der Waals surface area contributed by atoms with Crippen LogP contribution in [0.3, 0.4) is 0 Å². The number of likely N-dealkylation sites (N-methyl/N-ethyl adjacent to an activating group) is 1. The molecule has 0 saturated carbocycles. The van der Waals surface area contributed by atoms with Gasteiger partial charge in [0.05, 0.1) is 25.3 Å². The highest BCUT2D eigenvalue weighted by atomic mass is 19.1. The second-order valence-corrected chi connectivity index (χ2v) is 9.23. The predicted octanol–water partition coefficient (Wildman–Crippen LogP) is 3.20. The Hall–Kier alpha value is -3.92. The molecule has 0 unspecified atom stereocenters. The third-order valence-electron chi connectivity index (χ3n) is 6.84. The molecule has 4 rings (SSSR count). The fourth-order valence-corrected chi connectivity index (χ4v) is 4.79. The molecule has 0 radical (unpaired) electrons. The molecule has 202 valence electrons. The van der Waals surface area contributed by atoms with Crippen molar-refractivity contribution in [2.24, 2.45) is 0 Å². The Balaban J connectivity index is 1.57. The van der Waals surface area contributed by atoms with Crippen LogP contribution in [0.1, 0.15) is 35.3 Å². The molecule has 1 atom stereocenters. The predicted molar refractivity (Wildman–Crippen MR) is 139 cm³/mol. The molecular formula is C28H33FN4O5. The molecule has 2 aromatic rings. The Morgan fingerprint density at radius 3 is 2.53 bits per heavy atom. The minimum absolute atomic E-state index is 0.0544. The Morgan fingerprint density at radius 1 is 1.08 bits per heavy atom. The van der Waals surface area contributed by atoms with E-state index in [1.54, 1.807) is 57.5 Å². The van der Waals surface area contributed by atoms with E-state index in [1.165, 1.54) is 17.0 Å². The van der Waals surface area contributed by atoms with Crippen LogP contribution in [0, 0.1) is 5.82 Å². The molecule has 0 bridgehead atoms. The quantitative estimate of drug-likeness (QED) is 0.560. The van der Waals surface area contributed by atoms with Crippen molar-refractivity contribution in [1.82, 2.24) is 20.0 Å². The maximum absolute atomic E-state index is 14.0. The van der Waals surface area contributed by atoms with Crippen LogP contribution in [0.5, 0.6) is 5.75 Å². The first-order valence-electron chi connectivity index (χ1n) is 12.7. The summed E-state index contributed by atoms with van der Waals surface area (Å²) in [5.41, 5.74) is 1.82. The van der Waals surface area contributed by atoms with E-state index in [9.17, 15) is 18.8 Å². The number of carbonyl (C=O) groups excluding carboxylic acids is 3. The number of nitrogens with one attached hydrogen (secondary N) is 1. The Kier molecular flexibility index (Phi) is 8.62. The maximum atomic E-state index is 14.0. The standard InChI is InChI=1S/C28H33FN4O5/c1-4-38-27(35)24-23(31(2)28(36)30-25(24)20-7-5-8-21(29)17-20)18-32-13-6-14-33(16-15-32)26(34)19-9-11-22(37-3)12-10-19/h5,7-12,17,25H,4,6,13-16,18H2,1-3H3,(H,30,36)/t25-/m0/s1. The van der Waals surface area contributed by atoms with Gasteiger partial charge in [0.15, 0.2) is 0 Å². The largest absolute Gasteiger partial charge is 0.497 e. The minimum Gasteiger partial charge on any atom is -0.497 e. The minimum atomic E-state index is -0.844. The van der Waals surface area contributed by atoms with E-state index < -0.39 is 23.9 Å². The van der Waals surface area contributed by atoms with Crippen LogP contribution in [0.15, 0.2) is 59.8 Å². The van der Waals surface area contributed by atoms with Gasteiger partial charge >= 0.3 is 12.0 Å². The second-order valence-electron chi connectivity index (χ2n) is 9.23. The van der Waals surface area contributed by atoms with Crippen molar-refractivity contribution >= 4 is 17.9 Å². The average molecular weight is 525 g/mol. The van der Waals surface area contributed by atoms with Crippen molar-refractivity contribution in [2.45, 2.75) is 19.4 Å². The van der Waals surface area contributed by atoms with Gasteiger partial charge in [-0.15, -0.1) is 0 Å². The number of carbonyl (C=O) groups is 3.